The number of aliphatic hydroxyl groups excluding tert-OH is 1. The third-order valence-electron chi connectivity index (χ3n) is 1.80. The summed E-state index contributed by atoms with van der Waals surface area (Å²) >= 11 is 2.85. The van der Waals surface area contributed by atoms with Crippen LogP contribution in [0.25, 0.3) is 0 Å². The summed E-state index contributed by atoms with van der Waals surface area (Å²) in [5.74, 6) is -2.38. The van der Waals surface area contributed by atoms with Crippen molar-refractivity contribution < 1.29 is 18.6 Å². The predicted octanol–water partition coefficient (Wildman–Crippen LogP) is 2.79. The summed E-state index contributed by atoms with van der Waals surface area (Å²) in [6.07, 6.45) is -0.920. The minimum absolute atomic E-state index is 0.0355. The van der Waals surface area contributed by atoms with Crippen LogP contribution in [0.1, 0.15) is 18.6 Å². The SMILES string of the molecule is COc1c(C(C)O)cc(Br)c(F)c1F. The van der Waals surface area contributed by atoms with Crippen molar-refractivity contribution in [2.45, 2.75) is 13.0 Å². The summed E-state index contributed by atoms with van der Waals surface area (Å²) in [6, 6.07) is 1.29. The molecule has 0 radical (unpaired) electrons. The van der Waals surface area contributed by atoms with Gasteiger partial charge in [0.15, 0.2) is 11.6 Å². The highest BCUT2D eigenvalue weighted by Crippen LogP contribution is 2.33. The van der Waals surface area contributed by atoms with E-state index in [1.165, 1.54) is 20.1 Å². The number of ether oxygens (including phenoxy) is 1. The average Bonchev–Trinajstić information content (AvgIpc) is 2.13. The van der Waals surface area contributed by atoms with Gasteiger partial charge in [-0.2, -0.15) is 4.39 Å². The summed E-state index contributed by atoms with van der Waals surface area (Å²) in [4.78, 5) is 0. The lowest BCUT2D eigenvalue weighted by molar-refractivity contribution is 0.192. The third-order valence-corrected chi connectivity index (χ3v) is 2.38. The maximum atomic E-state index is 13.2. The number of methoxy groups -OCH3 is 1. The minimum atomic E-state index is -1.10. The average molecular weight is 267 g/mol. The highest BCUT2D eigenvalue weighted by molar-refractivity contribution is 9.10. The van der Waals surface area contributed by atoms with Gasteiger partial charge >= 0.3 is 0 Å². The fourth-order valence-corrected chi connectivity index (χ4v) is 1.54. The first-order valence-corrected chi connectivity index (χ1v) is 4.67. The zero-order valence-electron chi connectivity index (χ0n) is 7.64. The Morgan fingerprint density at radius 3 is 2.43 bits per heavy atom. The second-order valence-electron chi connectivity index (χ2n) is 2.78. The third kappa shape index (κ3) is 1.88. The van der Waals surface area contributed by atoms with Crippen LogP contribution >= 0.6 is 15.9 Å². The topological polar surface area (TPSA) is 29.5 Å². The smallest absolute Gasteiger partial charge is 0.202 e. The molecule has 0 aliphatic heterocycles. The Morgan fingerprint density at radius 2 is 2.00 bits per heavy atom. The molecule has 1 aromatic rings. The van der Waals surface area contributed by atoms with Gasteiger partial charge in [-0.1, -0.05) is 0 Å². The summed E-state index contributed by atoms with van der Waals surface area (Å²) < 4.78 is 30.9. The molecule has 0 fully saturated rings. The van der Waals surface area contributed by atoms with Crippen molar-refractivity contribution in [2.75, 3.05) is 7.11 Å². The molecule has 0 bridgehead atoms. The predicted molar refractivity (Wildman–Crippen MR) is 51.2 cm³/mol. The second kappa shape index (κ2) is 4.23. The molecular weight excluding hydrogens is 258 g/mol. The molecule has 2 nitrogen and oxygen atoms in total. The Bertz CT molecular complexity index is 353. The van der Waals surface area contributed by atoms with Crippen LogP contribution in [-0.2, 0) is 0 Å². The molecule has 5 heteroatoms. The van der Waals surface area contributed by atoms with Gasteiger partial charge in [0.1, 0.15) is 0 Å². The first-order chi connectivity index (χ1) is 6.49. The van der Waals surface area contributed by atoms with Gasteiger partial charge in [0.05, 0.1) is 17.7 Å². The summed E-state index contributed by atoms with van der Waals surface area (Å²) in [5.41, 5.74) is 0.207. The van der Waals surface area contributed by atoms with Crippen molar-refractivity contribution in [1.29, 1.82) is 0 Å². The largest absolute Gasteiger partial charge is 0.493 e. The van der Waals surface area contributed by atoms with E-state index in [0.717, 1.165) is 0 Å². The molecule has 1 unspecified atom stereocenters. The first kappa shape index (κ1) is 11.4. The summed E-state index contributed by atoms with van der Waals surface area (Å²) in [6.45, 7) is 1.45. The van der Waals surface area contributed by atoms with Crippen LogP contribution in [-0.4, -0.2) is 12.2 Å². The van der Waals surface area contributed by atoms with Gasteiger partial charge in [0, 0.05) is 5.56 Å². The molecule has 0 aliphatic rings. The number of benzene rings is 1. The fraction of sp³-hybridized carbons (Fsp3) is 0.333. The van der Waals surface area contributed by atoms with E-state index in [1.807, 2.05) is 0 Å². The molecule has 1 aromatic carbocycles. The quantitative estimate of drug-likeness (QED) is 0.835. The van der Waals surface area contributed by atoms with E-state index in [2.05, 4.69) is 20.7 Å². The first-order valence-electron chi connectivity index (χ1n) is 3.88. The van der Waals surface area contributed by atoms with E-state index >= 15 is 0 Å². The van der Waals surface area contributed by atoms with Crippen LogP contribution in [0.2, 0.25) is 0 Å². The van der Waals surface area contributed by atoms with E-state index in [0.29, 0.717) is 0 Å². The zero-order chi connectivity index (χ0) is 10.9. The van der Waals surface area contributed by atoms with Crippen LogP contribution in [0.4, 0.5) is 8.78 Å². The Morgan fingerprint density at radius 1 is 1.43 bits per heavy atom. The second-order valence-corrected chi connectivity index (χ2v) is 3.64. The van der Waals surface area contributed by atoms with E-state index in [9.17, 15) is 13.9 Å². The van der Waals surface area contributed by atoms with Gasteiger partial charge in [-0.15, -0.1) is 0 Å². The Hall–Kier alpha value is -0.680. The van der Waals surface area contributed by atoms with Crippen LogP contribution in [0, 0.1) is 11.6 Å². The number of aliphatic hydroxyl groups is 1. The maximum Gasteiger partial charge on any atom is 0.202 e. The molecule has 14 heavy (non-hydrogen) atoms. The van der Waals surface area contributed by atoms with Gasteiger partial charge in [0.25, 0.3) is 0 Å². The van der Waals surface area contributed by atoms with Crippen LogP contribution in [0.3, 0.4) is 0 Å². The Balaban J connectivity index is 3.43. The fourth-order valence-electron chi connectivity index (χ4n) is 1.11. The molecule has 1 rings (SSSR count). The highest BCUT2D eigenvalue weighted by atomic mass is 79.9. The molecule has 0 saturated heterocycles. The standard InChI is InChI=1S/C9H9BrF2O2/c1-4(13)5-3-6(10)7(11)8(12)9(5)14-2/h3-4,13H,1-2H3. The van der Waals surface area contributed by atoms with Gasteiger partial charge in [-0.3, -0.25) is 0 Å². The molecule has 0 spiro atoms. The van der Waals surface area contributed by atoms with E-state index in [1.54, 1.807) is 0 Å². The maximum absolute atomic E-state index is 13.2. The summed E-state index contributed by atoms with van der Waals surface area (Å²) in [7, 11) is 1.22. The molecule has 0 saturated carbocycles. The molecule has 0 aliphatic carbocycles. The normalized spacial score (nSPS) is 12.7. The van der Waals surface area contributed by atoms with Gasteiger partial charge < -0.3 is 9.84 Å². The molecule has 0 amide bonds. The van der Waals surface area contributed by atoms with Crippen LogP contribution < -0.4 is 4.74 Å². The summed E-state index contributed by atoms with van der Waals surface area (Å²) in [5, 5.41) is 9.29. The lowest BCUT2D eigenvalue weighted by Gasteiger charge is -2.13. The Kier molecular flexibility index (Phi) is 3.44. The van der Waals surface area contributed by atoms with E-state index < -0.39 is 17.7 Å². The van der Waals surface area contributed by atoms with E-state index in [-0.39, 0.29) is 15.8 Å². The van der Waals surface area contributed by atoms with Crippen molar-refractivity contribution in [3.63, 3.8) is 0 Å². The molecular formula is C9H9BrF2O2. The van der Waals surface area contributed by atoms with Crippen molar-refractivity contribution in [2.24, 2.45) is 0 Å². The molecule has 1 N–H and O–H groups in total. The van der Waals surface area contributed by atoms with Gasteiger partial charge in [-0.25, -0.2) is 4.39 Å². The Labute approximate surface area is 88.6 Å². The molecule has 1 atom stereocenters. The van der Waals surface area contributed by atoms with Gasteiger partial charge in [0.2, 0.25) is 5.82 Å². The van der Waals surface area contributed by atoms with E-state index in [4.69, 9.17) is 0 Å². The number of halogens is 3. The zero-order valence-corrected chi connectivity index (χ0v) is 9.23. The monoisotopic (exact) mass is 266 g/mol. The number of hydrogen-bond acceptors (Lipinski definition) is 2. The lowest BCUT2D eigenvalue weighted by Crippen LogP contribution is -2.02. The van der Waals surface area contributed by atoms with Crippen LogP contribution in [0.15, 0.2) is 10.5 Å². The van der Waals surface area contributed by atoms with Gasteiger partial charge in [-0.05, 0) is 28.9 Å². The van der Waals surface area contributed by atoms with Crippen LogP contribution in [0.5, 0.6) is 5.75 Å². The molecule has 0 aromatic heterocycles. The number of rotatable bonds is 2. The lowest BCUT2D eigenvalue weighted by atomic mass is 10.1. The van der Waals surface area contributed by atoms with Crippen molar-refractivity contribution >= 4 is 15.9 Å². The van der Waals surface area contributed by atoms with Crippen molar-refractivity contribution in [1.82, 2.24) is 0 Å². The molecule has 78 valence electrons. The molecule has 0 heterocycles. The number of hydrogen-bond donors (Lipinski definition) is 1. The van der Waals surface area contributed by atoms with Crippen molar-refractivity contribution in [3.8, 4) is 5.75 Å². The highest BCUT2D eigenvalue weighted by Gasteiger charge is 2.20. The minimum Gasteiger partial charge on any atom is -0.493 e. The van der Waals surface area contributed by atoms with Crippen molar-refractivity contribution in [3.05, 3.63) is 27.7 Å².